The Balaban J connectivity index is 2.27. The SMILES string of the molecule is CCNC(Cc1cccnc1)c1cccc(Br)c1Cl. The summed E-state index contributed by atoms with van der Waals surface area (Å²) in [5, 5.41) is 4.26. The van der Waals surface area contributed by atoms with Gasteiger partial charge in [-0.15, -0.1) is 0 Å². The summed E-state index contributed by atoms with van der Waals surface area (Å²) < 4.78 is 0.931. The fourth-order valence-corrected chi connectivity index (χ4v) is 2.72. The highest BCUT2D eigenvalue weighted by Crippen LogP contribution is 2.31. The smallest absolute Gasteiger partial charge is 0.0595 e. The molecule has 1 atom stereocenters. The molecule has 19 heavy (non-hydrogen) atoms. The molecule has 0 amide bonds. The molecule has 0 aliphatic heterocycles. The largest absolute Gasteiger partial charge is 0.310 e. The third kappa shape index (κ3) is 3.78. The lowest BCUT2D eigenvalue weighted by molar-refractivity contribution is 0.549. The third-order valence-corrected chi connectivity index (χ3v) is 4.28. The van der Waals surface area contributed by atoms with Crippen LogP contribution >= 0.6 is 27.5 Å². The number of aromatic nitrogens is 1. The molecule has 0 aliphatic carbocycles. The molecule has 100 valence electrons. The van der Waals surface area contributed by atoms with Crippen LogP contribution in [0, 0.1) is 0 Å². The maximum Gasteiger partial charge on any atom is 0.0595 e. The van der Waals surface area contributed by atoms with Crippen LogP contribution in [-0.2, 0) is 6.42 Å². The van der Waals surface area contributed by atoms with Gasteiger partial charge in [0.2, 0.25) is 0 Å². The minimum atomic E-state index is 0.194. The highest BCUT2D eigenvalue weighted by atomic mass is 79.9. The van der Waals surface area contributed by atoms with E-state index >= 15 is 0 Å². The zero-order valence-electron chi connectivity index (χ0n) is 10.7. The molecule has 1 N–H and O–H groups in total. The van der Waals surface area contributed by atoms with Crippen LogP contribution in [0.25, 0.3) is 0 Å². The van der Waals surface area contributed by atoms with Gasteiger partial charge in [-0.1, -0.05) is 36.7 Å². The predicted octanol–water partition coefficient (Wildman–Crippen LogP) is 4.39. The van der Waals surface area contributed by atoms with E-state index in [2.05, 4.69) is 45.3 Å². The van der Waals surface area contributed by atoms with E-state index in [-0.39, 0.29) is 6.04 Å². The van der Waals surface area contributed by atoms with E-state index in [0.717, 1.165) is 28.0 Å². The van der Waals surface area contributed by atoms with Gasteiger partial charge in [-0.25, -0.2) is 0 Å². The summed E-state index contributed by atoms with van der Waals surface area (Å²) >= 11 is 9.87. The Kier molecular flexibility index (Phi) is 5.37. The quantitative estimate of drug-likeness (QED) is 0.874. The van der Waals surface area contributed by atoms with Crippen LogP contribution in [0.5, 0.6) is 0 Å². The minimum absolute atomic E-state index is 0.194. The number of nitrogens with one attached hydrogen (secondary N) is 1. The van der Waals surface area contributed by atoms with Crippen molar-refractivity contribution in [3.8, 4) is 0 Å². The number of pyridine rings is 1. The molecule has 0 saturated heterocycles. The number of benzene rings is 1. The number of halogens is 2. The molecule has 2 nitrogen and oxygen atoms in total. The molecule has 1 aromatic heterocycles. The van der Waals surface area contributed by atoms with Gasteiger partial charge in [-0.3, -0.25) is 4.98 Å². The lowest BCUT2D eigenvalue weighted by Crippen LogP contribution is -2.23. The van der Waals surface area contributed by atoms with E-state index in [1.165, 1.54) is 5.56 Å². The Bertz CT molecular complexity index is 531. The first-order chi connectivity index (χ1) is 9.22. The number of nitrogens with zero attached hydrogens (tertiary/aromatic N) is 1. The average Bonchev–Trinajstić information content (AvgIpc) is 2.43. The Morgan fingerprint density at radius 1 is 1.32 bits per heavy atom. The van der Waals surface area contributed by atoms with Crippen LogP contribution in [0.2, 0.25) is 5.02 Å². The first-order valence-electron chi connectivity index (χ1n) is 6.28. The lowest BCUT2D eigenvalue weighted by Gasteiger charge is -2.20. The van der Waals surface area contributed by atoms with Gasteiger partial charge >= 0.3 is 0 Å². The van der Waals surface area contributed by atoms with Crippen LogP contribution in [0.4, 0.5) is 0 Å². The van der Waals surface area contributed by atoms with Crippen molar-refractivity contribution < 1.29 is 0 Å². The fraction of sp³-hybridized carbons (Fsp3) is 0.267. The standard InChI is InChI=1S/C15H16BrClN2/c1-2-19-14(9-11-5-4-8-18-10-11)12-6-3-7-13(16)15(12)17/h3-8,10,14,19H,2,9H2,1H3. The van der Waals surface area contributed by atoms with Crippen LogP contribution < -0.4 is 5.32 Å². The fourth-order valence-electron chi connectivity index (χ4n) is 2.08. The summed E-state index contributed by atoms with van der Waals surface area (Å²) in [6.45, 7) is 3.00. The van der Waals surface area contributed by atoms with Gasteiger partial charge in [0.15, 0.2) is 0 Å². The van der Waals surface area contributed by atoms with E-state index in [1.807, 2.05) is 24.4 Å². The van der Waals surface area contributed by atoms with Crippen molar-refractivity contribution in [2.24, 2.45) is 0 Å². The zero-order valence-corrected chi connectivity index (χ0v) is 13.1. The highest BCUT2D eigenvalue weighted by Gasteiger charge is 2.15. The van der Waals surface area contributed by atoms with Crippen molar-refractivity contribution in [3.63, 3.8) is 0 Å². The van der Waals surface area contributed by atoms with Gasteiger partial charge in [-0.05, 0) is 52.2 Å². The topological polar surface area (TPSA) is 24.9 Å². The summed E-state index contributed by atoms with van der Waals surface area (Å²) in [4.78, 5) is 4.16. The van der Waals surface area contributed by atoms with Crippen molar-refractivity contribution in [3.05, 3.63) is 63.3 Å². The summed E-state index contributed by atoms with van der Waals surface area (Å²) in [6, 6.07) is 10.3. The summed E-state index contributed by atoms with van der Waals surface area (Å²) in [5.41, 5.74) is 2.31. The maximum atomic E-state index is 6.39. The van der Waals surface area contributed by atoms with E-state index in [0.29, 0.717) is 0 Å². The second-order valence-corrected chi connectivity index (χ2v) is 5.55. The van der Waals surface area contributed by atoms with Crippen molar-refractivity contribution in [1.29, 1.82) is 0 Å². The van der Waals surface area contributed by atoms with Gasteiger partial charge in [0.25, 0.3) is 0 Å². The first kappa shape index (κ1) is 14.5. The number of hydrogen-bond acceptors (Lipinski definition) is 2. The van der Waals surface area contributed by atoms with Gasteiger partial charge in [-0.2, -0.15) is 0 Å². The normalized spacial score (nSPS) is 12.4. The van der Waals surface area contributed by atoms with Gasteiger partial charge in [0.1, 0.15) is 0 Å². The monoisotopic (exact) mass is 338 g/mol. The summed E-state index contributed by atoms with van der Waals surface area (Å²) in [7, 11) is 0. The molecule has 1 heterocycles. The first-order valence-corrected chi connectivity index (χ1v) is 7.45. The molecule has 0 bridgehead atoms. The van der Waals surface area contributed by atoms with Gasteiger partial charge in [0, 0.05) is 22.9 Å². The van der Waals surface area contributed by atoms with Crippen molar-refractivity contribution >= 4 is 27.5 Å². The number of hydrogen-bond donors (Lipinski definition) is 1. The Morgan fingerprint density at radius 3 is 2.84 bits per heavy atom. The molecule has 0 spiro atoms. The van der Waals surface area contributed by atoms with Crippen LogP contribution in [0.15, 0.2) is 47.2 Å². The lowest BCUT2D eigenvalue weighted by atomic mass is 10.00. The summed E-state index contributed by atoms with van der Waals surface area (Å²) in [6.07, 6.45) is 4.56. The molecule has 2 rings (SSSR count). The molecular weight excluding hydrogens is 324 g/mol. The van der Waals surface area contributed by atoms with E-state index in [4.69, 9.17) is 11.6 Å². The molecular formula is C15H16BrClN2. The number of likely N-dealkylation sites (N-methyl/N-ethyl adjacent to an activating group) is 1. The van der Waals surface area contributed by atoms with Crippen molar-refractivity contribution in [1.82, 2.24) is 10.3 Å². The highest BCUT2D eigenvalue weighted by molar-refractivity contribution is 9.10. The Labute approximate surface area is 127 Å². The average molecular weight is 340 g/mol. The van der Waals surface area contributed by atoms with Gasteiger partial charge in [0.05, 0.1) is 5.02 Å². The van der Waals surface area contributed by atoms with Crippen LogP contribution in [0.3, 0.4) is 0 Å². The number of rotatable bonds is 5. The van der Waals surface area contributed by atoms with E-state index in [9.17, 15) is 0 Å². The zero-order chi connectivity index (χ0) is 13.7. The van der Waals surface area contributed by atoms with Crippen LogP contribution in [0.1, 0.15) is 24.1 Å². The molecule has 1 aromatic carbocycles. The van der Waals surface area contributed by atoms with Crippen molar-refractivity contribution in [2.75, 3.05) is 6.54 Å². The molecule has 0 saturated carbocycles. The predicted molar refractivity (Wildman–Crippen MR) is 83.5 cm³/mol. The van der Waals surface area contributed by atoms with Gasteiger partial charge < -0.3 is 5.32 Å². The molecule has 0 aliphatic rings. The second kappa shape index (κ2) is 7.04. The van der Waals surface area contributed by atoms with E-state index in [1.54, 1.807) is 6.20 Å². The Morgan fingerprint density at radius 2 is 2.16 bits per heavy atom. The minimum Gasteiger partial charge on any atom is -0.310 e. The molecule has 0 radical (unpaired) electrons. The van der Waals surface area contributed by atoms with E-state index < -0.39 is 0 Å². The molecule has 2 aromatic rings. The Hall–Kier alpha value is -0.900. The molecule has 4 heteroatoms. The van der Waals surface area contributed by atoms with Crippen molar-refractivity contribution in [2.45, 2.75) is 19.4 Å². The van der Waals surface area contributed by atoms with Crippen LogP contribution in [-0.4, -0.2) is 11.5 Å². The molecule has 1 unspecified atom stereocenters. The third-order valence-electron chi connectivity index (χ3n) is 2.97. The maximum absolute atomic E-state index is 6.39. The second-order valence-electron chi connectivity index (χ2n) is 4.32. The summed E-state index contributed by atoms with van der Waals surface area (Å²) in [5.74, 6) is 0. The molecule has 0 fully saturated rings.